The molecule has 0 radical (unpaired) electrons. The fourth-order valence-electron chi connectivity index (χ4n) is 16.0. The molecule has 0 spiro atoms. The average Bonchev–Trinajstić information content (AvgIpc) is 1.57. The summed E-state index contributed by atoms with van der Waals surface area (Å²) in [4.78, 5) is 47.2. The van der Waals surface area contributed by atoms with E-state index in [1.807, 2.05) is 91.0 Å². The van der Waals surface area contributed by atoms with Gasteiger partial charge in [-0.3, -0.25) is 19.2 Å². The smallest absolute Gasteiger partial charge is 0.249 e. The number of amides is 3. The SMILES string of the molecule is COc1ccc(C(N)=O)c(-c2c(Cl)ccc3c2C[C@@](CN)(c2ccccc2)O3)c1F.COc1ccc(C(N)=O)c(-c2c(Cl)ccc3c2C[C@@](CNC2CCC(O)CC2)(c2ccccc2)O3)c1F.COc1ccc(C(N)=O)c(-c2c(Cl)ccc3c2C[C@@](CNC2CCC(O)CC2)(c2ccccc2)O3)c1F.O=C1CCC(O)CC1. The predicted octanol–water partition coefficient (Wildman–Crippen LogP) is 14.5. The first kappa shape index (κ1) is 81.8. The van der Waals surface area contributed by atoms with Crippen molar-refractivity contribution in [2.75, 3.05) is 41.0 Å². The summed E-state index contributed by atoms with van der Waals surface area (Å²) in [6.45, 7) is 1.21. The number of primary amides is 3. The number of ether oxygens (including phenoxy) is 6. The number of halogens is 6. The van der Waals surface area contributed by atoms with Crippen LogP contribution in [0.2, 0.25) is 15.1 Å². The quantitative estimate of drug-likeness (QED) is 0.0363. The summed E-state index contributed by atoms with van der Waals surface area (Å²) in [5.41, 5.74) is 26.6. The monoisotopic (exact) mass is 1590 g/mol. The van der Waals surface area contributed by atoms with Crippen LogP contribution in [-0.2, 0) is 40.9 Å². The van der Waals surface area contributed by atoms with Gasteiger partial charge in [0.05, 0.1) is 56.3 Å². The van der Waals surface area contributed by atoms with E-state index in [0.717, 1.165) is 68.1 Å². The largest absolute Gasteiger partial charge is 0.494 e. The van der Waals surface area contributed by atoms with Crippen molar-refractivity contribution in [3.8, 4) is 67.9 Å². The van der Waals surface area contributed by atoms with Gasteiger partial charge in [0.1, 0.15) is 23.0 Å². The minimum Gasteiger partial charge on any atom is -0.494 e. The maximum Gasteiger partial charge on any atom is 0.249 e. The number of aliphatic hydroxyl groups excluding tert-OH is 3. The lowest BCUT2D eigenvalue weighted by Gasteiger charge is -2.34. The second-order valence-electron chi connectivity index (χ2n) is 29.0. The maximum absolute atomic E-state index is 15.7. The lowest BCUT2D eigenvalue weighted by atomic mass is 9.84. The van der Waals surface area contributed by atoms with E-state index in [0.29, 0.717) is 114 Å². The molecule has 25 heteroatoms. The van der Waals surface area contributed by atoms with Crippen LogP contribution in [0.5, 0.6) is 34.5 Å². The Morgan fingerprint density at radius 3 is 0.991 bits per heavy atom. The van der Waals surface area contributed by atoms with Crippen molar-refractivity contribution in [3.05, 3.63) is 246 Å². The lowest BCUT2D eigenvalue weighted by molar-refractivity contribution is -0.122. The van der Waals surface area contributed by atoms with Crippen LogP contribution in [0.15, 0.2) is 164 Å². The maximum atomic E-state index is 15.7. The van der Waals surface area contributed by atoms with Gasteiger partial charge >= 0.3 is 0 Å². The van der Waals surface area contributed by atoms with Gasteiger partial charge in [-0.25, -0.2) is 13.2 Å². The zero-order valence-electron chi connectivity index (χ0n) is 62.2. The Morgan fingerprint density at radius 2 is 0.705 bits per heavy atom. The number of carbonyl (C=O) groups excluding carboxylic acids is 4. The van der Waals surface area contributed by atoms with Crippen LogP contribution in [0.4, 0.5) is 13.2 Å². The van der Waals surface area contributed by atoms with Crippen LogP contribution >= 0.6 is 34.8 Å². The Balaban J connectivity index is 0.000000149. The van der Waals surface area contributed by atoms with E-state index in [-0.39, 0.29) is 103 Å². The van der Waals surface area contributed by atoms with Crippen molar-refractivity contribution in [1.29, 1.82) is 0 Å². The van der Waals surface area contributed by atoms with E-state index in [1.54, 1.807) is 36.4 Å². The molecule has 3 atom stereocenters. The minimum absolute atomic E-state index is 0.00631. The van der Waals surface area contributed by atoms with E-state index in [1.165, 1.54) is 57.7 Å². The van der Waals surface area contributed by atoms with E-state index in [9.17, 15) is 29.4 Å². The summed E-state index contributed by atoms with van der Waals surface area (Å²) >= 11 is 19.9. The normalized spacial score (nSPS) is 21.4. The van der Waals surface area contributed by atoms with Gasteiger partial charge in [0.2, 0.25) is 17.7 Å². The summed E-state index contributed by atoms with van der Waals surface area (Å²) in [5, 5.41) is 36.8. The van der Waals surface area contributed by atoms with Gasteiger partial charge in [-0.2, -0.15) is 0 Å². The van der Waals surface area contributed by atoms with E-state index < -0.39 is 52.0 Å². The minimum atomic E-state index is -0.828. The van der Waals surface area contributed by atoms with Crippen molar-refractivity contribution in [2.24, 2.45) is 22.9 Å². The molecular formula is C87H90Cl3F3N6O13. The fourth-order valence-corrected chi connectivity index (χ4v) is 16.8. The molecular weight excluding hydrogens is 1500 g/mol. The van der Waals surface area contributed by atoms with Gasteiger partial charge in [0, 0.05) is 129 Å². The highest BCUT2D eigenvalue weighted by Crippen LogP contribution is 2.54. The highest BCUT2D eigenvalue weighted by molar-refractivity contribution is 6.35. The highest BCUT2D eigenvalue weighted by atomic mass is 35.5. The molecule has 3 amide bonds. The Labute approximate surface area is 662 Å². The molecule has 0 bridgehead atoms. The van der Waals surface area contributed by atoms with Crippen molar-refractivity contribution >= 4 is 58.3 Å². The van der Waals surface area contributed by atoms with Crippen LogP contribution in [0.3, 0.4) is 0 Å². The number of hydrogen-bond donors (Lipinski definition) is 9. The van der Waals surface area contributed by atoms with Gasteiger partial charge in [-0.05, 0) is 154 Å². The van der Waals surface area contributed by atoms with E-state index in [4.69, 9.17) is 91.3 Å². The number of ketones is 1. The van der Waals surface area contributed by atoms with Crippen molar-refractivity contribution < 1.29 is 76.1 Å². The molecule has 0 unspecified atom stereocenters. The van der Waals surface area contributed by atoms with Gasteiger partial charge in [0.25, 0.3) is 0 Å². The molecule has 3 fully saturated rings. The van der Waals surface area contributed by atoms with Crippen molar-refractivity contribution in [2.45, 2.75) is 144 Å². The van der Waals surface area contributed by atoms with Gasteiger partial charge in [-0.1, -0.05) is 126 Å². The number of benzene rings is 9. The summed E-state index contributed by atoms with van der Waals surface area (Å²) in [7, 11) is 4.08. The molecule has 15 rings (SSSR count). The number of Topliss-reactive ketones (excluding diaryl/α,β-unsaturated/α-hetero) is 1. The number of carbonyl (C=O) groups is 4. The molecule has 0 aromatic heterocycles. The summed E-state index contributed by atoms with van der Waals surface area (Å²) in [5.74, 6) is -2.49. The van der Waals surface area contributed by atoms with Crippen molar-refractivity contribution in [3.63, 3.8) is 0 Å². The number of hydrogen-bond acceptors (Lipinski definition) is 16. The third-order valence-corrected chi connectivity index (χ3v) is 22.9. The molecule has 9 aromatic carbocycles. The van der Waals surface area contributed by atoms with Crippen LogP contribution in [0, 0.1) is 17.5 Å². The summed E-state index contributed by atoms with van der Waals surface area (Å²) in [6, 6.07) is 48.5. The Kier molecular flexibility index (Phi) is 25.9. The fraction of sp³-hybridized carbons (Fsp3) is 0.333. The first-order valence-corrected chi connectivity index (χ1v) is 38.4. The van der Waals surface area contributed by atoms with Crippen LogP contribution in [0.25, 0.3) is 33.4 Å². The number of rotatable bonds is 19. The number of aliphatic hydroxyl groups is 3. The van der Waals surface area contributed by atoms with Crippen LogP contribution < -0.4 is 62.0 Å². The third-order valence-electron chi connectivity index (χ3n) is 22.0. The number of nitrogens with two attached hydrogens (primary N) is 4. The molecule has 3 aliphatic carbocycles. The molecule has 3 saturated carbocycles. The molecule has 3 aliphatic heterocycles. The third kappa shape index (κ3) is 17.3. The Morgan fingerprint density at radius 1 is 0.420 bits per heavy atom. The average molecular weight is 1590 g/mol. The summed E-state index contributed by atoms with van der Waals surface area (Å²) in [6.07, 6.45) is 9.60. The topological polar surface area (TPSA) is 312 Å². The standard InChI is InChI=1S/2C29H30ClFN2O4.C23H20ClFN2O3.C6H10O2/c2*1-36-24-13-11-20(28(32)35)26(27(24)31)25-21-15-29(17-5-3-2-4-6-17,37-23(21)14-12-22(25)30)16-33-18-7-9-19(34)10-8-18;1-29-18-9-7-14(22(27)28)20(21(18)25)19-15-11-23(12-26,13-5-3-2-4-6-13)30-17(15)10-8-16(19)24;7-5-1-2-6(8)4-3-5/h2*2-6,11-14,18-19,33-34H,7-10,15-16H2,1H3,(H2,32,35);2-10H,11-12,26H2,1H3,(H2,27,28);5,7H,1-4H2/t2*18?,19?,29-;23-;/m111./s1. The zero-order chi connectivity index (χ0) is 79.8. The van der Waals surface area contributed by atoms with Gasteiger partial charge in [-0.15, -0.1) is 0 Å². The van der Waals surface area contributed by atoms with Crippen LogP contribution in [0.1, 0.15) is 142 Å². The van der Waals surface area contributed by atoms with Gasteiger partial charge < -0.3 is 77.3 Å². The summed E-state index contributed by atoms with van der Waals surface area (Å²) < 4.78 is 81.9. The first-order valence-electron chi connectivity index (χ1n) is 37.3. The van der Waals surface area contributed by atoms with E-state index in [2.05, 4.69) is 10.6 Å². The van der Waals surface area contributed by atoms with Crippen LogP contribution in [-0.4, -0.2) is 110 Å². The molecule has 0 saturated heterocycles. The molecule has 112 heavy (non-hydrogen) atoms. The molecule has 13 N–H and O–H groups in total. The molecule has 588 valence electrons. The Bertz CT molecular complexity index is 4730. The zero-order valence-corrected chi connectivity index (χ0v) is 64.5. The number of nitrogens with one attached hydrogen (secondary N) is 2. The Hall–Kier alpha value is -9.72. The lowest BCUT2D eigenvalue weighted by Crippen LogP contribution is -2.46. The second-order valence-corrected chi connectivity index (χ2v) is 30.2. The van der Waals surface area contributed by atoms with E-state index >= 15 is 13.2 Å². The van der Waals surface area contributed by atoms with Crippen molar-refractivity contribution in [1.82, 2.24) is 10.6 Å². The molecule has 3 heterocycles. The predicted molar refractivity (Wildman–Crippen MR) is 424 cm³/mol. The number of methoxy groups -OCH3 is 3. The molecule has 9 aromatic rings. The molecule has 19 nitrogen and oxygen atoms in total. The molecule has 6 aliphatic rings. The highest BCUT2D eigenvalue weighted by Gasteiger charge is 2.47. The first-order chi connectivity index (χ1) is 53.9. The second kappa shape index (κ2) is 35.5. The van der Waals surface area contributed by atoms with Gasteiger partial charge in [0.15, 0.2) is 51.5 Å². The number of fused-ring (bicyclic) bond motifs is 3.